The third-order valence-corrected chi connectivity index (χ3v) is 2.68. The molecular weight excluding hydrogens is 254 g/mol. The number of rotatable bonds is 5. The van der Waals surface area contributed by atoms with Crippen molar-refractivity contribution in [3.8, 4) is 23.0 Å². The van der Waals surface area contributed by atoms with Gasteiger partial charge >= 0.3 is 0 Å². The minimum atomic E-state index is 0.0635. The second kappa shape index (κ2) is 6.19. The highest BCUT2D eigenvalue weighted by Crippen LogP contribution is 2.35. The van der Waals surface area contributed by atoms with Gasteiger partial charge in [0.15, 0.2) is 5.75 Å². The Balaban J connectivity index is 2.20. The minimum absolute atomic E-state index is 0.0635. The first-order valence-electron chi connectivity index (χ1n) is 6.47. The lowest BCUT2D eigenvalue weighted by Crippen LogP contribution is -2.07. The fraction of sp³-hybridized carbons (Fsp3) is 0.250. The molecule has 0 spiro atoms. The Morgan fingerprint density at radius 3 is 2.10 bits per heavy atom. The number of methoxy groups -OCH3 is 1. The average molecular weight is 273 g/mol. The van der Waals surface area contributed by atoms with E-state index in [1.54, 1.807) is 7.11 Å². The Hall–Kier alpha value is -2.36. The van der Waals surface area contributed by atoms with Gasteiger partial charge in [-0.05, 0) is 50.2 Å². The van der Waals surface area contributed by atoms with Crippen molar-refractivity contribution in [2.24, 2.45) is 0 Å². The summed E-state index contributed by atoms with van der Waals surface area (Å²) in [7, 11) is 1.63. The van der Waals surface area contributed by atoms with E-state index in [4.69, 9.17) is 19.9 Å². The molecule has 4 heteroatoms. The second-order valence-electron chi connectivity index (χ2n) is 4.61. The SMILES string of the molecule is COc1ccc(Oc2cccc(OC(C)C)c2N)cc1. The van der Waals surface area contributed by atoms with Gasteiger partial charge in [0.2, 0.25) is 0 Å². The molecule has 0 fully saturated rings. The summed E-state index contributed by atoms with van der Waals surface area (Å²) in [6, 6.07) is 12.8. The van der Waals surface area contributed by atoms with Crippen LogP contribution in [-0.2, 0) is 0 Å². The molecule has 0 amide bonds. The van der Waals surface area contributed by atoms with Gasteiger partial charge in [0.05, 0.1) is 13.2 Å². The van der Waals surface area contributed by atoms with Crippen LogP contribution in [0.15, 0.2) is 42.5 Å². The molecule has 0 saturated heterocycles. The standard InChI is InChI=1S/C16H19NO3/c1-11(2)19-14-5-4-6-15(16(14)17)20-13-9-7-12(18-3)8-10-13/h4-11H,17H2,1-3H3. The molecule has 0 atom stereocenters. The monoisotopic (exact) mass is 273 g/mol. The van der Waals surface area contributed by atoms with E-state index in [0.717, 1.165) is 5.75 Å². The van der Waals surface area contributed by atoms with Crippen LogP contribution < -0.4 is 19.9 Å². The third-order valence-electron chi connectivity index (χ3n) is 2.68. The van der Waals surface area contributed by atoms with Gasteiger partial charge in [0.25, 0.3) is 0 Å². The number of ether oxygens (including phenoxy) is 3. The fourth-order valence-electron chi connectivity index (χ4n) is 1.74. The molecule has 0 saturated carbocycles. The van der Waals surface area contributed by atoms with E-state index < -0.39 is 0 Å². The van der Waals surface area contributed by atoms with Crippen molar-refractivity contribution in [3.05, 3.63) is 42.5 Å². The Morgan fingerprint density at radius 2 is 1.50 bits per heavy atom. The number of anilines is 1. The predicted octanol–water partition coefficient (Wildman–Crippen LogP) is 3.86. The second-order valence-corrected chi connectivity index (χ2v) is 4.61. The Bertz CT molecular complexity index is 564. The number of para-hydroxylation sites is 1. The molecule has 106 valence electrons. The molecule has 2 rings (SSSR count). The molecule has 0 aromatic heterocycles. The summed E-state index contributed by atoms with van der Waals surface area (Å²) in [4.78, 5) is 0. The summed E-state index contributed by atoms with van der Waals surface area (Å²) >= 11 is 0. The summed E-state index contributed by atoms with van der Waals surface area (Å²) in [5.74, 6) is 2.68. The largest absolute Gasteiger partial charge is 0.497 e. The Morgan fingerprint density at radius 1 is 0.900 bits per heavy atom. The van der Waals surface area contributed by atoms with Gasteiger partial charge in [-0.2, -0.15) is 0 Å². The van der Waals surface area contributed by atoms with Gasteiger partial charge in [-0.1, -0.05) is 6.07 Å². The van der Waals surface area contributed by atoms with Gasteiger partial charge in [-0.3, -0.25) is 0 Å². The molecule has 4 nitrogen and oxygen atoms in total. The van der Waals surface area contributed by atoms with Crippen LogP contribution in [0.2, 0.25) is 0 Å². The number of nitrogens with two attached hydrogens (primary N) is 1. The number of hydrogen-bond acceptors (Lipinski definition) is 4. The molecule has 0 radical (unpaired) electrons. The van der Waals surface area contributed by atoms with Crippen molar-refractivity contribution >= 4 is 5.69 Å². The quantitative estimate of drug-likeness (QED) is 0.840. The number of nitrogen functional groups attached to an aromatic ring is 1. The van der Waals surface area contributed by atoms with Crippen LogP contribution in [0.5, 0.6) is 23.0 Å². The first kappa shape index (κ1) is 14.1. The first-order chi connectivity index (χ1) is 9.60. The van der Waals surface area contributed by atoms with Crippen LogP contribution in [0.1, 0.15) is 13.8 Å². The summed E-state index contributed by atoms with van der Waals surface area (Å²) < 4.78 is 16.5. The number of hydrogen-bond donors (Lipinski definition) is 1. The van der Waals surface area contributed by atoms with Gasteiger partial charge in [-0.15, -0.1) is 0 Å². The molecule has 0 heterocycles. The van der Waals surface area contributed by atoms with E-state index in [1.807, 2.05) is 56.3 Å². The summed E-state index contributed by atoms with van der Waals surface area (Å²) in [5.41, 5.74) is 6.56. The van der Waals surface area contributed by atoms with Crippen molar-refractivity contribution in [3.63, 3.8) is 0 Å². The van der Waals surface area contributed by atoms with Crippen LogP contribution in [0.4, 0.5) is 5.69 Å². The summed E-state index contributed by atoms with van der Waals surface area (Å²) in [6.07, 6.45) is 0.0635. The topological polar surface area (TPSA) is 53.7 Å². The maximum absolute atomic E-state index is 6.06. The lowest BCUT2D eigenvalue weighted by atomic mass is 10.2. The smallest absolute Gasteiger partial charge is 0.154 e. The maximum Gasteiger partial charge on any atom is 0.154 e. The molecule has 2 N–H and O–H groups in total. The number of benzene rings is 2. The van der Waals surface area contributed by atoms with Crippen molar-refractivity contribution < 1.29 is 14.2 Å². The van der Waals surface area contributed by atoms with Crippen molar-refractivity contribution in [2.45, 2.75) is 20.0 Å². The lowest BCUT2D eigenvalue weighted by Gasteiger charge is -2.15. The highest BCUT2D eigenvalue weighted by Gasteiger charge is 2.09. The molecule has 0 unspecified atom stereocenters. The van der Waals surface area contributed by atoms with Crippen molar-refractivity contribution in [2.75, 3.05) is 12.8 Å². The predicted molar refractivity (Wildman–Crippen MR) is 79.7 cm³/mol. The van der Waals surface area contributed by atoms with E-state index in [-0.39, 0.29) is 6.10 Å². The van der Waals surface area contributed by atoms with E-state index in [9.17, 15) is 0 Å². The first-order valence-corrected chi connectivity index (χ1v) is 6.47. The molecular formula is C16H19NO3. The minimum Gasteiger partial charge on any atom is -0.497 e. The van der Waals surface area contributed by atoms with Crippen LogP contribution in [0.3, 0.4) is 0 Å². The van der Waals surface area contributed by atoms with Crippen molar-refractivity contribution in [1.29, 1.82) is 0 Å². The van der Waals surface area contributed by atoms with Crippen LogP contribution in [-0.4, -0.2) is 13.2 Å². The average Bonchev–Trinajstić information content (AvgIpc) is 2.43. The molecule has 20 heavy (non-hydrogen) atoms. The molecule has 0 bridgehead atoms. The third kappa shape index (κ3) is 3.35. The summed E-state index contributed by atoms with van der Waals surface area (Å²) in [6.45, 7) is 3.91. The van der Waals surface area contributed by atoms with Crippen LogP contribution in [0, 0.1) is 0 Å². The zero-order valence-electron chi connectivity index (χ0n) is 11.9. The molecule has 0 aliphatic heterocycles. The Labute approximate surface area is 119 Å². The van der Waals surface area contributed by atoms with E-state index in [0.29, 0.717) is 22.9 Å². The molecule has 2 aromatic carbocycles. The molecule has 0 aliphatic carbocycles. The molecule has 2 aromatic rings. The van der Waals surface area contributed by atoms with Gasteiger partial charge in [0, 0.05) is 0 Å². The Kier molecular flexibility index (Phi) is 4.35. The van der Waals surface area contributed by atoms with E-state index >= 15 is 0 Å². The van der Waals surface area contributed by atoms with Crippen LogP contribution >= 0.6 is 0 Å². The molecule has 0 aliphatic rings. The highest BCUT2D eigenvalue weighted by atomic mass is 16.5. The summed E-state index contributed by atoms with van der Waals surface area (Å²) in [5, 5.41) is 0. The van der Waals surface area contributed by atoms with Crippen molar-refractivity contribution in [1.82, 2.24) is 0 Å². The van der Waals surface area contributed by atoms with E-state index in [2.05, 4.69) is 0 Å². The lowest BCUT2D eigenvalue weighted by molar-refractivity contribution is 0.243. The van der Waals surface area contributed by atoms with Crippen LogP contribution in [0.25, 0.3) is 0 Å². The van der Waals surface area contributed by atoms with E-state index in [1.165, 1.54) is 0 Å². The maximum atomic E-state index is 6.06. The zero-order valence-corrected chi connectivity index (χ0v) is 11.9. The van der Waals surface area contributed by atoms with Gasteiger partial charge < -0.3 is 19.9 Å². The van der Waals surface area contributed by atoms with Gasteiger partial charge in [-0.25, -0.2) is 0 Å². The highest BCUT2D eigenvalue weighted by molar-refractivity contribution is 5.63. The zero-order chi connectivity index (χ0) is 14.5. The van der Waals surface area contributed by atoms with Gasteiger partial charge in [0.1, 0.15) is 22.9 Å². The normalized spacial score (nSPS) is 10.4. The fourth-order valence-corrected chi connectivity index (χ4v) is 1.74.